The van der Waals surface area contributed by atoms with Crippen molar-refractivity contribution >= 4 is 40.6 Å². The number of thioether (sulfide) groups is 2. The standard InChI is InChI=1S/C11H15NOS3/c1-6(13)9-4-12-11(16-9)10-5-14-7(2)8(3)15-10/h4,7-8,10H,5H2,1-3H3. The summed E-state index contributed by atoms with van der Waals surface area (Å²) in [6.45, 7) is 6.15. The SMILES string of the molecule is CC(=O)c1cnc(C2CSC(C)C(C)S2)s1. The van der Waals surface area contributed by atoms with Crippen LogP contribution in [0.1, 0.15) is 40.7 Å². The molecule has 5 heteroatoms. The number of ketones is 1. The lowest BCUT2D eigenvalue weighted by Gasteiger charge is -2.29. The summed E-state index contributed by atoms with van der Waals surface area (Å²) >= 11 is 5.55. The minimum atomic E-state index is 0.124. The van der Waals surface area contributed by atoms with Crippen LogP contribution in [0.3, 0.4) is 0 Å². The predicted octanol–water partition coefficient (Wildman–Crippen LogP) is 3.64. The second-order valence-electron chi connectivity index (χ2n) is 3.99. The molecule has 1 aliphatic rings. The smallest absolute Gasteiger partial charge is 0.171 e. The maximum absolute atomic E-state index is 11.2. The molecule has 0 amide bonds. The Morgan fingerprint density at radius 2 is 2.19 bits per heavy atom. The van der Waals surface area contributed by atoms with Crippen molar-refractivity contribution in [2.75, 3.05) is 5.75 Å². The molecule has 1 aromatic heterocycles. The fraction of sp³-hybridized carbons (Fsp3) is 0.636. The summed E-state index contributed by atoms with van der Waals surface area (Å²) in [6.07, 6.45) is 1.72. The lowest BCUT2D eigenvalue weighted by atomic mass is 10.4. The van der Waals surface area contributed by atoms with Crippen molar-refractivity contribution in [2.24, 2.45) is 0 Å². The van der Waals surface area contributed by atoms with Gasteiger partial charge in [-0.2, -0.15) is 11.8 Å². The number of carbonyl (C=O) groups is 1. The number of rotatable bonds is 2. The molecule has 0 N–H and O–H groups in total. The number of thiazole rings is 1. The fourth-order valence-electron chi connectivity index (χ4n) is 1.51. The molecule has 0 radical (unpaired) electrons. The van der Waals surface area contributed by atoms with Gasteiger partial charge in [0.1, 0.15) is 5.01 Å². The zero-order chi connectivity index (χ0) is 11.7. The summed E-state index contributed by atoms with van der Waals surface area (Å²) < 4.78 is 0. The van der Waals surface area contributed by atoms with E-state index in [0.717, 1.165) is 15.6 Å². The maximum atomic E-state index is 11.2. The Balaban J connectivity index is 2.09. The lowest BCUT2D eigenvalue weighted by molar-refractivity contribution is 0.102. The molecule has 2 rings (SSSR count). The second kappa shape index (κ2) is 5.10. The van der Waals surface area contributed by atoms with Crippen molar-refractivity contribution in [3.63, 3.8) is 0 Å². The van der Waals surface area contributed by atoms with Crippen LogP contribution >= 0.6 is 34.9 Å². The van der Waals surface area contributed by atoms with Crippen molar-refractivity contribution in [2.45, 2.75) is 36.5 Å². The van der Waals surface area contributed by atoms with Gasteiger partial charge in [-0.25, -0.2) is 4.98 Å². The van der Waals surface area contributed by atoms with Crippen LogP contribution in [-0.2, 0) is 0 Å². The highest BCUT2D eigenvalue weighted by atomic mass is 32.2. The minimum absolute atomic E-state index is 0.124. The van der Waals surface area contributed by atoms with Gasteiger partial charge in [0.2, 0.25) is 0 Å². The average molecular weight is 273 g/mol. The molecule has 1 saturated heterocycles. The van der Waals surface area contributed by atoms with E-state index in [0.29, 0.717) is 15.7 Å². The van der Waals surface area contributed by atoms with E-state index in [2.05, 4.69) is 18.8 Å². The number of Topliss-reactive ketones (excluding diaryl/α,β-unsaturated/α-hetero) is 1. The van der Waals surface area contributed by atoms with Crippen LogP contribution in [0, 0.1) is 0 Å². The summed E-state index contributed by atoms with van der Waals surface area (Å²) in [7, 11) is 0. The first-order valence-electron chi connectivity index (χ1n) is 5.31. The normalized spacial score (nSPS) is 30.3. The van der Waals surface area contributed by atoms with E-state index < -0.39 is 0 Å². The predicted molar refractivity (Wildman–Crippen MR) is 73.8 cm³/mol. The molecule has 0 saturated carbocycles. The van der Waals surface area contributed by atoms with Gasteiger partial charge in [-0.1, -0.05) is 13.8 Å². The molecule has 1 aliphatic heterocycles. The third kappa shape index (κ3) is 2.63. The minimum Gasteiger partial charge on any atom is -0.294 e. The number of nitrogens with zero attached hydrogens (tertiary/aromatic N) is 1. The van der Waals surface area contributed by atoms with Crippen LogP contribution in [0.5, 0.6) is 0 Å². The molecule has 88 valence electrons. The van der Waals surface area contributed by atoms with Gasteiger partial charge < -0.3 is 0 Å². The first kappa shape index (κ1) is 12.5. The molecular weight excluding hydrogens is 258 g/mol. The first-order chi connectivity index (χ1) is 7.58. The largest absolute Gasteiger partial charge is 0.294 e. The monoisotopic (exact) mass is 273 g/mol. The van der Waals surface area contributed by atoms with Crippen molar-refractivity contribution in [3.8, 4) is 0 Å². The Labute approximate surface area is 109 Å². The van der Waals surface area contributed by atoms with Crippen molar-refractivity contribution in [1.29, 1.82) is 0 Å². The molecule has 3 atom stereocenters. The second-order valence-corrected chi connectivity index (χ2v) is 8.04. The van der Waals surface area contributed by atoms with Gasteiger partial charge in [-0.05, 0) is 0 Å². The molecule has 0 bridgehead atoms. The quantitative estimate of drug-likeness (QED) is 0.770. The van der Waals surface area contributed by atoms with E-state index in [1.54, 1.807) is 24.5 Å². The van der Waals surface area contributed by atoms with Crippen LogP contribution in [0.2, 0.25) is 0 Å². The highest BCUT2D eigenvalue weighted by molar-refractivity contribution is 8.07. The first-order valence-corrected chi connectivity index (χ1v) is 8.12. The Morgan fingerprint density at radius 3 is 2.75 bits per heavy atom. The molecule has 0 aliphatic carbocycles. The molecule has 2 heterocycles. The summed E-state index contributed by atoms with van der Waals surface area (Å²) in [5, 5.41) is 2.96. The van der Waals surface area contributed by atoms with Gasteiger partial charge in [0.15, 0.2) is 5.78 Å². The molecule has 0 aromatic carbocycles. The summed E-state index contributed by atoms with van der Waals surface area (Å²) in [5.74, 6) is 1.24. The van der Waals surface area contributed by atoms with Crippen LogP contribution in [0.15, 0.2) is 6.20 Å². The summed E-state index contributed by atoms with van der Waals surface area (Å²) in [4.78, 5) is 16.4. The fourth-order valence-corrected chi connectivity index (χ4v) is 5.53. The van der Waals surface area contributed by atoms with E-state index in [1.165, 1.54) is 0 Å². The molecule has 1 aromatic rings. The van der Waals surface area contributed by atoms with Gasteiger partial charge in [-0.15, -0.1) is 23.1 Å². The van der Waals surface area contributed by atoms with E-state index in [1.807, 2.05) is 23.5 Å². The zero-order valence-electron chi connectivity index (χ0n) is 9.60. The Bertz CT molecular complexity index is 390. The van der Waals surface area contributed by atoms with E-state index in [-0.39, 0.29) is 5.78 Å². The van der Waals surface area contributed by atoms with Crippen LogP contribution in [0.25, 0.3) is 0 Å². The third-order valence-corrected chi connectivity index (χ3v) is 7.46. The lowest BCUT2D eigenvalue weighted by Crippen LogP contribution is -2.21. The van der Waals surface area contributed by atoms with Crippen molar-refractivity contribution < 1.29 is 4.79 Å². The van der Waals surface area contributed by atoms with Gasteiger partial charge >= 0.3 is 0 Å². The van der Waals surface area contributed by atoms with Crippen LogP contribution < -0.4 is 0 Å². The molecule has 1 fully saturated rings. The highest BCUT2D eigenvalue weighted by Gasteiger charge is 2.28. The molecule has 16 heavy (non-hydrogen) atoms. The Morgan fingerprint density at radius 1 is 1.44 bits per heavy atom. The third-order valence-electron chi connectivity index (χ3n) is 2.70. The summed E-state index contributed by atoms with van der Waals surface area (Å²) in [6, 6.07) is 0. The van der Waals surface area contributed by atoms with E-state index >= 15 is 0 Å². The molecular formula is C11H15NOS3. The number of carbonyl (C=O) groups excluding carboxylic acids is 1. The topological polar surface area (TPSA) is 30.0 Å². The molecule has 3 unspecified atom stereocenters. The van der Waals surface area contributed by atoms with Crippen molar-refractivity contribution in [1.82, 2.24) is 4.98 Å². The molecule has 0 spiro atoms. The average Bonchev–Trinajstić information content (AvgIpc) is 2.71. The van der Waals surface area contributed by atoms with Crippen molar-refractivity contribution in [3.05, 3.63) is 16.1 Å². The zero-order valence-corrected chi connectivity index (χ0v) is 12.0. The highest BCUT2D eigenvalue weighted by Crippen LogP contribution is 2.45. The van der Waals surface area contributed by atoms with Gasteiger partial charge in [0.05, 0.1) is 10.1 Å². The number of hydrogen-bond donors (Lipinski definition) is 0. The molecule has 2 nitrogen and oxygen atoms in total. The van der Waals surface area contributed by atoms with E-state index in [9.17, 15) is 4.79 Å². The van der Waals surface area contributed by atoms with Gasteiger partial charge in [-0.3, -0.25) is 4.79 Å². The maximum Gasteiger partial charge on any atom is 0.171 e. The Hall–Kier alpha value is -0.0000000000000000833. The van der Waals surface area contributed by atoms with Crippen LogP contribution in [0.4, 0.5) is 0 Å². The van der Waals surface area contributed by atoms with E-state index in [4.69, 9.17) is 0 Å². The number of aromatic nitrogens is 1. The summed E-state index contributed by atoms with van der Waals surface area (Å²) in [5.41, 5.74) is 0. The van der Waals surface area contributed by atoms with Gasteiger partial charge in [0.25, 0.3) is 0 Å². The number of hydrogen-bond acceptors (Lipinski definition) is 5. The van der Waals surface area contributed by atoms with Crippen LogP contribution in [-0.4, -0.2) is 27.0 Å². The van der Waals surface area contributed by atoms with Gasteiger partial charge in [0, 0.05) is 29.4 Å². The Kier molecular flexibility index (Phi) is 3.97.